The molecular formula is C15H24N4O3. The number of carboxylic acid groups (broad SMARTS) is 1. The summed E-state index contributed by atoms with van der Waals surface area (Å²) >= 11 is 0. The van der Waals surface area contributed by atoms with E-state index < -0.39 is 11.9 Å². The van der Waals surface area contributed by atoms with Gasteiger partial charge in [0.1, 0.15) is 0 Å². The number of aromatic nitrogens is 2. The van der Waals surface area contributed by atoms with E-state index in [0.29, 0.717) is 24.6 Å². The van der Waals surface area contributed by atoms with Crippen LogP contribution in [0.5, 0.6) is 0 Å². The van der Waals surface area contributed by atoms with E-state index in [9.17, 15) is 9.59 Å². The molecule has 1 saturated heterocycles. The van der Waals surface area contributed by atoms with Crippen molar-refractivity contribution in [1.29, 1.82) is 0 Å². The molecule has 7 heteroatoms. The molecule has 2 amide bonds. The number of urea groups is 1. The normalized spacial score (nSPS) is 21.9. The third kappa shape index (κ3) is 4.22. The molecule has 0 aromatic carbocycles. The number of amides is 2. The fraction of sp³-hybridized carbons (Fsp3) is 0.667. The molecule has 0 saturated carbocycles. The second kappa shape index (κ2) is 6.81. The second-order valence-corrected chi connectivity index (χ2v) is 6.56. The summed E-state index contributed by atoms with van der Waals surface area (Å²) < 4.78 is 1.79. The van der Waals surface area contributed by atoms with Gasteiger partial charge in [-0.3, -0.25) is 9.48 Å². The van der Waals surface area contributed by atoms with E-state index in [1.54, 1.807) is 22.0 Å². The largest absolute Gasteiger partial charge is 0.481 e. The first-order chi connectivity index (χ1) is 10.3. The molecule has 1 aromatic heterocycles. The number of anilines is 1. The Labute approximate surface area is 130 Å². The molecule has 22 heavy (non-hydrogen) atoms. The first-order valence-electron chi connectivity index (χ1n) is 7.66. The van der Waals surface area contributed by atoms with Gasteiger partial charge in [0, 0.05) is 25.8 Å². The number of rotatable bonds is 4. The fourth-order valence-corrected chi connectivity index (χ4v) is 2.80. The van der Waals surface area contributed by atoms with Gasteiger partial charge in [-0.15, -0.1) is 0 Å². The zero-order valence-corrected chi connectivity index (χ0v) is 13.3. The van der Waals surface area contributed by atoms with E-state index >= 15 is 0 Å². The van der Waals surface area contributed by atoms with Crippen LogP contribution in [-0.4, -0.2) is 44.9 Å². The Morgan fingerprint density at radius 1 is 1.45 bits per heavy atom. The van der Waals surface area contributed by atoms with Crippen molar-refractivity contribution < 1.29 is 14.7 Å². The number of hydrogen-bond acceptors (Lipinski definition) is 3. The van der Waals surface area contributed by atoms with Crippen LogP contribution >= 0.6 is 0 Å². The Morgan fingerprint density at radius 2 is 2.18 bits per heavy atom. The lowest BCUT2D eigenvalue weighted by molar-refractivity contribution is -0.143. The molecule has 7 nitrogen and oxygen atoms in total. The summed E-state index contributed by atoms with van der Waals surface area (Å²) in [5.41, 5.74) is 0.635. The molecule has 0 radical (unpaired) electrons. The predicted octanol–water partition coefficient (Wildman–Crippen LogP) is 2.11. The molecule has 2 N–H and O–H groups in total. The molecule has 0 aliphatic carbocycles. The topological polar surface area (TPSA) is 87.5 Å². The zero-order valence-electron chi connectivity index (χ0n) is 13.3. The highest BCUT2D eigenvalue weighted by Gasteiger charge is 2.31. The lowest BCUT2D eigenvalue weighted by Crippen LogP contribution is -2.47. The molecule has 2 heterocycles. The molecule has 1 fully saturated rings. The minimum atomic E-state index is -0.839. The number of likely N-dealkylation sites (tertiary alicyclic amines) is 1. The van der Waals surface area contributed by atoms with Gasteiger partial charge in [0.2, 0.25) is 0 Å². The highest BCUT2D eigenvalue weighted by molar-refractivity contribution is 5.89. The van der Waals surface area contributed by atoms with E-state index in [2.05, 4.69) is 24.3 Å². The van der Waals surface area contributed by atoms with E-state index in [0.717, 1.165) is 6.54 Å². The summed E-state index contributed by atoms with van der Waals surface area (Å²) in [5, 5.41) is 16.2. The van der Waals surface area contributed by atoms with Gasteiger partial charge in [-0.1, -0.05) is 20.8 Å². The van der Waals surface area contributed by atoms with Crippen molar-refractivity contribution >= 4 is 17.7 Å². The van der Waals surface area contributed by atoms with Crippen molar-refractivity contribution in [3.8, 4) is 0 Å². The summed E-state index contributed by atoms with van der Waals surface area (Å²) in [6, 6.07) is -0.262. The van der Waals surface area contributed by atoms with Crippen LogP contribution in [0, 0.1) is 17.8 Å². The highest BCUT2D eigenvalue weighted by atomic mass is 16.4. The Kier molecular flexibility index (Phi) is 5.05. The summed E-state index contributed by atoms with van der Waals surface area (Å²) in [4.78, 5) is 25.0. The van der Waals surface area contributed by atoms with Gasteiger partial charge in [0.15, 0.2) is 0 Å². The lowest BCUT2D eigenvalue weighted by atomic mass is 9.91. The van der Waals surface area contributed by atoms with E-state index in [4.69, 9.17) is 5.11 Å². The SMILES string of the molecule is CC(C)Cn1cc(NC(=O)N2CC(C)CC(C(=O)O)C2)cn1. The maximum Gasteiger partial charge on any atom is 0.321 e. The number of carbonyl (C=O) groups is 2. The molecule has 2 unspecified atom stereocenters. The summed E-state index contributed by atoms with van der Waals surface area (Å²) in [6.07, 6.45) is 4.02. The average Bonchev–Trinajstić information content (AvgIpc) is 2.84. The van der Waals surface area contributed by atoms with Crippen LogP contribution in [0.1, 0.15) is 27.2 Å². The minimum Gasteiger partial charge on any atom is -0.481 e. The first-order valence-corrected chi connectivity index (χ1v) is 7.66. The molecule has 1 aromatic rings. The Bertz CT molecular complexity index is 541. The van der Waals surface area contributed by atoms with E-state index in [1.807, 2.05) is 6.92 Å². The standard InChI is InChI=1S/C15H24N4O3/c1-10(2)6-19-9-13(5-16-19)17-15(22)18-7-11(3)4-12(8-18)14(20)21/h5,9-12H,4,6-8H2,1-3H3,(H,17,22)(H,20,21). The van der Waals surface area contributed by atoms with Gasteiger partial charge in [-0.25, -0.2) is 4.79 Å². The summed E-state index contributed by atoms with van der Waals surface area (Å²) in [6.45, 7) is 7.79. The Morgan fingerprint density at radius 3 is 2.82 bits per heavy atom. The van der Waals surface area contributed by atoms with Gasteiger partial charge in [0.05, 0.1) is 17.8 Å². The predicted molar refractivity (Wildman–Crippen MR) is 82.6 cm³/mol. The molecule has 0 bridgehead atoms. The maximum absolute atomic E-state index is 12.3. The number of carbonyl (C=O) groups excluding carboxylic acids is 1. The van der Waals surface area contributed by atoms with Crippen molar-refractivity contribution in [2.45, 2.75) is 33.7 Å². The van der Waals surface area contributed by atoms with Gasteiger partial charge < -0.3 is 15.3 Å². The molecule has 2 atom stereocenters. The van der Waals surface area contributed by atoms with E-state index in [-0.39, 0.29) is 18.5 Å². The molecule has 1 aliphatic heterocycles. The number of piperidine rings is 1. The molecule has 0 spiro atoms. The number of nitrogens with zero attached hydrogens (tertiary/aromatic N) is 3. The molecule has 122 valence electrons. The van der Waals surface area contributed by atoms with Crippen molar-refractivity contribution in [3.63, 3.8) is 0 Å². The lowest BCUT2D eigenvalue weighted by Gasteiger charge is -2.34. The van der Waals surface area contributed by atoms with Crippen molar-refractivity contribution in [2.24, 2.45) is 17.8 Å². The van der Waals surface area contributed by atoms with Gasteiger partial charge in [-0.2, -0.15) is 5.10 Å². The Hall–Kier alpha value is -2.05. The number of carboxylic acids is 1. The summed E-state index contributed by atoms with van der Waals surface area (Å²) in [7, 11) is 0. The summed E-state index contributed by atoms with van der Waals surface area (Å²) in [5.74, 6) is -0.667. The van der Waals surface area contributed by atoms with Crippen LogP contribution < -0.4 is 5.32 Å². The van der Waals surface area contributed by atoms with Crippen LogP contribution in [0.25, 0.3) is 0 Å². The number of aliphatic carboxylic acids is 1. The number of hydrogen-bond donors (Lipinski definition) is 2. The minimum absolute atomic E-state index is 0.185. The highest BCUT2D eigenvalue weighted by Crippen LogP contribution is 2.22. The van der Waals surface area contributed by atoms with E-state index in [1.165, 1.54) is 0 Å². The number of nitrogens with one attached hydrogen (secondary N) is 1. The monoisotopic (exact) mass is 308 g/mol. The van der Waals surface area contributed by atoms with Crippen molar-refractivity contribution in [3.05, 3.63) is 12.4 Å². The third-order valence-electron chi connectivity index (χ3n) is 3.73. The van der Waals surface area contributed by atoms with Gasteiger partial charge in [0.25, 0.3) is 0 Å². The Balaban J connectivity index is 1.96. The van der Waals surface area contributed by atoms with Crippen molar-refractivity contribution in [1.82, 2.24) is 14.7 Å². The van der Waals surface area contributed by atoms with Crippen LogP contribution in [0.15, 0.2) is 12.4 Å². The second-order valence-electron chi connectivity index (χ2n) is 6.56. The quantitative estimate of drug-likeness (QED) is 0.892. The molecule has 1 aliphatic rings. The van der Waals surface area contributed by atoms with Crippen molar-refractivity contribution in [2.75, 3.05) is 18.4 Å². The zero-order chi connectivity index (χ0) is 16.3. The van der Waals surface area contributed by atoms with Crippen LogP contribution in [0.4, 0.5) is 10.5 Å². The average molecular weight is 308 g/mol. The smallest absolute Gasteiger partial charge is 0.321 e. The molecule has 2 rings (SSSR count). The third-order valence-corrected chi connectivity index (χ3v) is 3.73. The first kappa shape index (κ1) is 16.3. The fourth-order valence-electron chi connectivity index (χ4n) is 2.80. The maximum atomic E-state index is 12.3. The van der Waals surface area contributed by atoms with Gasteiger partial charge >= 0.3 is 12.0 Å². The van der Waals surface area contributed by atoms with Crippen LogP contribution in [0.3, 0.4) is 0 Å². The van der Waals surface area contributed by atoms with Gasteiger partial charge in [-0.05, 0) is 18.3 Å². The molecular weight excluding hydrogens is 284 g/mol. The van der Waals surface area contributed by atoms with Crippen LogP contribution in [0.2, 0.25) is 0 Å². The van der Waals surface area contributed by atoms with Crippen LogP contribution in [-0.2, 0) is 11.3 Å².